The van der Waals surface area contributed by atoms with Crippen LogP contribution >= 0.6 is 0 Å². The molecule has 6 aliphatic rings. The molecule has 0 spiro atoms. The van der Waals surface area contributed by atoms with Gasteiger partial charge in [-0.3, -0.25) is 0 Å². The molecule has 0 fully saturated rings. The summed E-state index contributed by atoms with van der Waals surface area (Å²) < 4.78 is 20.9. The first-order valence-electron chi connectivity index (χ1n) is 33.7. The zero-order chi connectivity index (χ0) is 64.7. The van der Waals surface area contributed by atoms with Crippen molar-refractivity contribution < 1.29 is 14.2 Å². The maximum absolute atomic E-state index is 6.98. The average molecular weight is 1230 g/mol. The van der Waals surface area contributed by atoms with E-state index in [4.69, 9.17) is 14.2 Å². The largest absolute Gasteiger partial charge is 0.458 e. The fraction of sp³-hybridized carbons (Fsp3) is 0.103. The number of hydrogen-bond donors (Lipinski definition) is 0. The van der Waals surface area contributed by atoms with E-state index in [9.17, 15) is 0 Å². The highest BCUT2D eigenvalue weighted by atomic mass is 16.5. The van der Waals surface area contributed by atoms with Gasteiger partial charge in [0.1, 0.15) is 34.5 Å². The molecule has 13 aromatic rings. The van der Waals surface area contributed by atoms with Gasteiger partial charge in [0.25, 0.3) is 20.1 Å². The monoisotopic (exact) mass is 1230 g/mol. The molecule has 6 nitrogen and oxygen atoms in total. The van der Waals surface area contributed by atoms with Gasteiger partial charge in [0.15, 0.2) is 0 Å². The van der Waals surface area contributed by atoms with Crippen molar-refractivity contribution >= 4 is 120 Å². The van der Waals surface area contributed by atoms with Crippen molar-refractivity contribution in [1.82, 2.24) is 0 Å². The molecule has 19 rings (SSSR count). The predicted octanol–water partition coefficient (Wildman–Crippen LogP) is 16.7. The molecule has 0 atom stereocenters. The molecule has 0 amide bonds. The number of rotatable bonds is 6. The Bertz CT molecular complexity index is 4990. The summed E-state index contributed by atoms with van der Waals surface area (Å²) >= 11 is 0. The lowest BCUT2D eigenvalue weighted by Gasteiger charge is -2.40. The van der Waals surface area contributed by atoms with Crippen molar-refractivity contribution in [3.05, 3.63) is 287 Å². The van der Waals surface area contributed by atoms with Gasteiger partial charge in [0, 0.05) is 51.2 Å². The molecule has 6 heterocycles. The fourth-order valence-corrected chi connectivity index (χ4v) is 16.6. The zero-order valence-corrected chi connectivity index (χ0v) is 55.3. The van der Waals surface area contributed by atoms with Gasteiger partial charge in [-0.1, -0.05) is 143 Å². The molecule has 456 valence electrons. The van der Waals surface area contributed by atoms with Crippen molar-refractivity contribution in [3.8, 4) is 67.9 Å². The van der Waals surface area contributed by atoms with Crippen molar-refractivity contribution in [2.75, 3.05) is 14.7 Å². The quantitative estimate of drug-likeness (QED) is 0.155. The number of fused-ring (bicyclic) bond motifs is 12. The zero-order valence-electron chi connectivity index (χ0n) is 55.3. The SMILES string of the molecule is Cc1ccc(N2c3ccc(-c4cc(-c5ccc6c(c5)B5c7cc(C)ccc7Oc7cc(C)cc(c75)N6c5ccc(C)cc5)cc(-c5ccc6c(c5)B5c7cc(C)ccc7Oc7cc(C)cc(c75)N6c5ccc(C)cc5)c4)cc3B3c4cc(C)ccc4Oc4cc(C)cc2c43)cc1. The highest BCUT2D eigenvalue weighted by Crippen LogP contribution is 2.48. The van der Waals surface area contributed by atoms with Gasteiger partial charge in [0.05, 0.1) is 0 Å². The summed E-state index contributed by atoms with van der Waals surface area (Å²) in [5.41, 5.74) is 38.6. The Morgan fingerprint density at radius 1 is 0.198 bits per heavy atom. The van der Waals surface area contributed by atoms with Gasteiger partial charge in [-0.05, 0) is 289 Å². The van der Waals surface area contributed by atoms with Crippen LogP contribution in [0, 0.1) is 62.3 Å². The number of benzene rings is 13. The van der Waals surface area contributed by atoms with E-state index in [2.05, 4.69) is 314 Å². The van der Waals surface area contributed by atoms with Gasteiger partial charge in [-0.2, -0.15) is 0 Å². The average Bonchev–Trinajstić information content (AvgIpc) is 0.725. The lowest BCUT2D eigenvalue weighted by Crippen LogP contribution is -2.59. The van der Waals surface area contributed by atoms with E-state index in [0.29, 0.717) is 0 Å². The number of anilines is 9. The summed E-state index contributed by atoms with van der Waals surface area (Å²) in [6, 6.07) is 89.8. The van der Waals surface area contributed by atoms with Gasteiger partial charge < -0.3 is 28.9 Å². The summed E-state index contributed by atoms with van der Waals surface area (Å²) in [5.74, 6) is 5.43. The number of aryl methyl sites for hydroxylation is 9. The van der Waals surface area contributed by atoms with Crippen LogP contribution in [-0.4, -0.2) is 20.1 Å². The second-order valence-corrected chi connectivity index (χ2v) is 27.9. The van der Waals surface area contributed by atoms with Crippen molar-refractivity contribution in [2.45, 2.75) is 62.3 Å². The van der Waals surface area contributed by atoms with E-state index >= 15 is 0 Å². The molecule has 6 aliphatic heterocycles. The Labute approximate surface area is 562 Å². The van der Waals surface area contributed by atoms with E-state index in [1.807, 2.05) is 0 Å². The third-order valence-corrected chi connectivity index (χ3v) is 21.0. The standard InChI is InChI=1S/C87H66B3N3O3/c1-49-10-22-64(23-11-49)91-73-28-19-58(46-67(73)88-70-34-52(4)16-31-79(70)94-82-40-55(7)37-76(91)85(82)88)61-43-62(59-20-29-74-68(47-59)89-71-35-53(5)17-32-80(71)95-83-41-56(8)38-77(86(83)89)92(74)65-24-12-50(2)13-25-65)45-63(44-61)60-21-30-75-69(48-60)90-72-36-54(6)18-33-81(72)96-84-42-57(9)39-78(87(84)90)93(75)66-26-14-51(3)15-27-66/h10-48H,1-9H3. The second-order valence-electron chi connectivity index (χ2n) is 27.9. The molecule has 0 saturated heterocycles. The van der Waals surface area contributed by atoms with E-state index < -0.39 is 0 Å². The molecule has 0 aromatic heterocycles. The van der Waals surface area contributed by atoms with Crippen LogP contribution < -0.4 is 78.1 Å². The first kappa shape index (κ1) is 56.4. The Hall–Kier alpha value is -11.1. The van der Waals surface area contributed by atoms with Crippen molar-refractivity contribution in [2.24, 2.45) is 0 Å². The number of hydrogen-bond acceptors (Lipinski definition) is 6. The van der Waals surface area contributed by atoms with Gasteiger partial charge in [-0.15, -0.1) is 0 Å². The molecule has 0 saturated carbocycles. The van der Waals surface area contributed by atoms with E-state index in [-0.39, 0.29) is 20.1 Å². The molecule has 13 aromatic carbocycles. The van der Waals surface area contributed by atoms with E-state index in [1.165, 1.54) is 82.5 Å². The normalized spacial score (nSPS) is 13.6. The smallest absolute Gasteiger partial charge is 0.256 e. The molecule has 9 heteroatoms. The molecule has 0 radical (unpaired) electrons. The first-order valence-corrected chi connectivity index (χ1v) is 33.7. The van der Waals surface area contributed by atoms with E-state index in [1.54, 1.807) is 0 Å². The van der Waals surface area contributed by atoms with Crippen LogP contribution in [0.15, 0.2) is 237 Å². The Morgan fingerprint density at radius 3 is 0.750 bits per heavy atom. The van der Waals surface area contributed by atoms with Crippen LogP contribution in [-0.2, 0) is 0 Å². The van der Waals surface area contributed by atoms with Gasteiger partial charge in [0.2, 0.25) is 0 Å². The highest BCUT2D eigenvalue weighted by molar-refractivity contribution is 7.01. The number of ether oxygens (including phenoxy) is 3. The highest BCUT2D eigenvalue weighted by Gasteiger charge is 2.46. The maximum atomic E-state index is 6.98. The number of nitrogens with zero attached hydrogens (tertiary/aromatic N) is 3. The Morgan fingerprint density at radius 2 is 0.469 bits per heavy atom. The van der Waals surface area contributed by atoms with Crippen molar-refractivity contribution in [3.63, 3.8) is 0 Å². The maximum Gasteiger partial charge on any atom is 0.256 e. The molecule has 0 unspecified atom stereocenters. The molecular formula is C87H66B3N3O3. The lowest BCUT2D eigenvalue weighted by molar-refractivity contribution is 0.486. The molecule has 96 heavy (non-hydrogen) atoms. The summed E-state index contributed by atoms with van der Waals surface area (Å²) in [7, 11) is 0. The summed E-state index contributed by atoms with van der Waals surface area (Å²) in [4.78, 5) is 7.40. The Balaban J connectivity index is 0.860. The Kier molecular flexibility index (Phi) is 12.3. The minimum Gasteiger partial charge on any atom is -0.458 e. The van der Waals surface area contributed by atoms with Crippen molar-refractivity contribution in [1.29, 1.82) is 0 Å². The third kappa shape index (κ3) is 8.68. The van der Waals surface area contributed by atoms with Crippen LogP contribution in [0.3, 0.4) is 0 Å². The summed E-state index contributed by atoms with van der Waals surface area (Å²) in [6.07, 6.45) is 0. The second kappa shape index (κ2) is 20.9. The molecular weight excluding hydrogens is 1170 g/mol. The molecule has 0 bridgehead atoms. The topological polar surface area (TPSA) is 37.4 Å². The minimum absolute atomic E-state index is 0.0853. The van der Waals surface area contributed by atoms with Crippen LogP contribution in [0.2, 0.25) is 0 Å². The fourth-order valence-electron chi connectivity index (χ4n) is 16.6. The predicted molar refractivity (Wildman–Crippen MR) is 403 cm³/mol. The first-order chi connectivity index (χ1) is 46.7. The van der Waals surface area contributed by atoms with Crippen LogP contribution in [0.5, 0.6) is 34.5 Å². The summed E-state index contributed by atoms with van der Waals surface area (Å²) in [6.45, 7) is 19.4. The lowest BCUT2D eigenvalue weighted by atomic mass is 9.34. The van der Waals surface area contributed by atoms with Crippen LogP contribution in [0.25, 0.3) is 33.4 Å². The molecule has 0 N–H and O–H groups in total. The third-order valence-electron chi connectivity index (χ3n) is 21.0. The summed E-state index contributed by atoms with van der Waals surface area (Å²) in [5, 5.41) is 0. The van der Waals surface area contributed by atoms with Crippen LogP contribution in [0.1, 0.15) is 50.1 Å². The van der Waals surface area contributed by atoms with Gasteiger partial charge in [-0.25, -0.2) is 0 Å². The van der Waals surface area contributed by atoms with E-state index in [0.717, 1.165) is 136 Å². The minimum atomic E-state index is -0.0853. The van der Waals surface area contributed by atoms with Crippen LogP contribution in [0.4, 0.5) is 51.2 Å². The molecule has 0 aliphatic carbocycles. The van der Waals surface area contributed by atoms with Gasteiger partial charge >= 0.3 is 0 Å².